The predicted octanol–water partition coefficient (Wildman–Crippen LogP) is 2.09. The summed E-state index contributed by atoms with van der Waals surface area (Å²) >= 11 is 0. The number of carbonyl (C=O) groups is 1. The Balaban J connectivity index is 1.80. The van der Waals surface area contributed by atoms with Crippen LogP contribution in [0.1, 0.15) is 24.8 Å². The normalized spacial score (nSPS) is 16.0. The largest absolute Gasteiger partial charge is 0.496 e. The van der Waals surface area contributed by atoms with Crippen LogP contribution in [-0.2, 0) is 11.2 Å². The highest BCUT2D eigenvalue weighted by Crippen LogP contribution is 2.21. The Morgan fingerprint density at radius 1 is 1.33 bits per heavy atom. The molecule has 1 aliphatic rings. The molecule has 1 fully saturated rings. The van der Waals surface area contributed by atoms with Crippen molar-refractivity contribution >= 4 is 5.91 Å². The number of benzene rings is 1. The van der Waals surface area contributed by atoms with E-state index >= 15 is 0 Å². The zero-order chi connectivity index (χ0) is 15.1. The molecule has 1 N–H and O–H groups in total. The van der Waals surface area contributed by atoms with Gasteiger partial charge in [0, 0.05) is 19.5 Å². The maximum atomic E-state index is 12.3. The van der Waals surface area contributed by atoms with Gasteiger partial charge in [-0.25, -0.2) is 0 Å². The van der Waals surface area contributed by atoms with Crippen molar-refractivity contribution in [2.24, 2.45) is 5.92 Å². The van der Waals surface area contributed by atoms with E-state index in [1.165, 1.54) is 0 Å². The second kappa shape index (κ2) is 8.03. The molecule has 0 bridgehead atoms. The number of aryl methyl sites for hydroxylation is 1. The minimum absolute atomic E-state index is 0.267. The lowest BCUT2D eigenvalue weighted by Gasteiger charge is -2.32. The lowest BCUT2D eigenvalue weighted by molar-refractivity contribution is -0.132. The molecule has 0 aromatic heterocycles. The number of nitrogens with zero attached hydrogens (tertiary/aromatic N) is 1. The van der Waals surface area contributed by atoms with Crippen molar-refractivity contribution < 1.29 is 9.53 Å². The monoisotopic (exact) mass is 290 g/mol. The lowest BCUT2D eigenvalue weighted by Crippen LogP contribution is -2.40. The van der Waals surface area contributed by atoms with Gasteiger partial charge in [-0.2, -0.15) is 0 Å². The minimum Gasteiger partial charge on any atom is -0.496 e. The van der Waals surface area contributed by atoms with Gasteiger partial charge in [0.15, 0.2) is 0 Å². The molecule has 1 aromatic rings. The topological polar surface area (TPSA) is 41.6 Å². The standard InChI is InChI=1S/C17H26N2O2/c1-18-13-14-9-11-19(12-10-14)17(20)8-7-15-5-3-4-6-16(15)21-2/h3-6,14,18H,7-13H2,1-2H3. The third-order valence-electron chi connectivity index (χ3n) is 4.26. The van der Waals surface area contributed by atoms with Gasteiger partial charge in [-0.05, 0) is 50.4 Å². The number of piperidine rings is 1. The number of likely N-dealkylation sites (tertiary alicyclic amines) is 1. The fourth-order valence-corrected chi connectivity index (χ4v) is 2.98. The molecule has 1 amide bonds. The molecule has 1 aliphatic heterocycles. The molecule has 1 aromatic carbocycles. The fraction of sp³-hybridized carbons (Fsp3) is 0.588. The van der Waals surface area contributed by atoms with E-state index in [0.29, 0.717) is 12.3 Å². The van der Waals surface area contributed by atoms with Crippen molar-refractivity contribution in [1.29, 1.82) is 0 Å². The molecule has 0 saturated carbocycles. The Kier molecular flexibility index (Phi) is 6.05. The van der Waals surface area contributed by atoms with E-state index in [2.05, 4.69) is 5.32 Å². The van der Waals surface area contributed by atoms with Gasteiger partial charge < -0.3 is 15.0 Å². The molecule has 0 spiro atoms. The van der Waals surface area contributed by atoms with E-state index in [-0.39, 0.29) is 5.91 Å². The first kappa shape index (κ1) is 15.8. The van der Waals surface area contributed by atoms with Crippen molar-refractivity contribution in [1.82, 2.24) is 10.2 Å². The van der Waals surface area contributed by atoms with Crippen molar-refractivity contribution in [3.63, 3.8) is 0 Å². The maximum Gasteiger partial charge on any atom is 0.222 e. The van der Waals surface area contributed by atoms with Crippen LogP contribution in [0.4, 0.5) is 0 Å². The molecule has 1 saturated heterocycles. The van der Waals surface area contributed by atoms with Crippen LogP contribution in [0.5, 0.6) is 5.75 Å². The SMILES string of the molecule is CNCC1CCN(C(=O)CCc2ccccc2OC)CC1. The molecule has 116 valence electrons. The van der Waals surface area contributed by atoms with Crippen molar-refractivity contribution in [2.75, 3.05) is 33.8 Å². The van der Waals surface area contributed by atoms with E-state index in [4.69, 9.17) is 4.74 Å². The summed E-state index contributed by atoms with van der Waals surface area (Å²) in [5, 5.41) is 3.22. The first-order chi connectivity index (χ1) is 10.2. The minimum atomic E-state index is 0.267. The summed E-state index contributed by atoms with van der Waals surface area (Å²) in [4.78, 5) is 14.3. The number of hydrogen-bond donors (Lipinski definition) is 1. The molecule has 2 rings (SSSR count). The fourth-order valence-electron chi connectivity index (χ4n) is 2.98. The summed E-state index contributed by atoms with van der Waals surface area (Å²) in [5.74, 6) is 1.86. The Labute approximate surface area is 127 Å². The summed E-state index contributed by atoms with van der Waals surface area (Å²) < 4.78 is 5.33. The van der Waals surface area contributed by atoms with Gasteiger partial charge in [0.05, 0.1) is 7.11 Å². The van der Waals surface area contributed by atoms with E-state index in [9.17, 15) is 4.79 Å². The van der Waals surface area contributed by atoms with Gasteiger partial charge in [0.1, 0.15) is 5.75 Å². The van der Waals surface area contributed by atoms with Crippen LogP contribution in [0, 0.1) is 5.92 Å². The number of hydrogen-bond acceptors (Lipinski definition) is 3. The zero-order valence-corrected chi connectivity index (χ0v) is 13.1. The van der Waals surface area contributed by atoms with Crippen LogP contribution >= 0.6 is 0 Å². The first-order valence-corrected chi connectivity index (χ1v) is 7.79. The average molecular weight is 290 g/mol. The molecular formula is C17H26N2O2. The zero-order valence-electron chi connectivity index (χ0n) is 13.1. The Morgan fingerprint density at radius 2 is 2.05 bits per heavy atom. The van der Waals surface area contributed by atoms with Crippen LogP contribution in [-0.4, -0.2) is 44.6 Å². The molecule has 4 nitrogen and oxygen atoms in total. The van der Waals surface area contributed by atoms with Crippen LogP contribution in [0.3, 0.4) is 0 Å². The van der Waals surface area contributed by atoms with Crippen molar-refractivity contribution in [3.05, 3.63) is 29.8 Å². The summed E-state index contributed by atoms with van der Waals surface area (Å²) in [6.45, 7) is 2.86. The van der Waals surface area contributed by atoms with E-state index in [1.807, 2.05) is 36.2 Å². The number of carbonyl (C=O) groups excluding carboxylic acids is 1. The average Bonchev–Trinajstić information content (AvgIpc) is 2.54. The summed E-state index contributed by atoms with van der Waals surface area (Å²) in [5.41, 5.74) is 1.11. The smallest absolute Gasteiger partial charge is 0.222 e. The number of para-hydroxylation sites is 1. The molecule has 0 unspecified atom stereocenters. The molecule has 0 aliphatic carbocycles. The van der Waals surface area contributed by atoms with Gasteiger partial charge in [-0.15, -0.1) is 0 Å². The molecule has 4 heteroatoms. The predicted molar refractivity (Wildman–Crippen MR) is 84.5 cm³/mol. The van der Waals surface area contributed by atoms with E-state index in [1.54, 1.807) is 7.11 Å². The van der Waals surface area contributed by atoms with E-state index < -0.39 is 0 Å². The van der Waals surface area contributed by atoms with Crippen molar-refractivity contribution in [3.8, 4) is 5.75 Å². The Morgan fingerprint density at radius 3 is 2.71 bits per heavy atom. The third-order valence-corrected chi connectivity index (χ3v) is 4.26. The number of ether oxygens (including phenoxy) is 1. The van der Waals surface area contributed by atoms with Gasteiger partial charge >= 0.3 is 0 Å². The second-order valence-corrected chi connectivity index (χ2v) is 5.69. The summed E-state index contributed by atoms with van der Waals surface area (Å²) in [6.07, 6.45) is 3.54. The van der Waals surface area contributed by atoms with Crippen LogP contribution in [0.2, 0.25) is 0 Å². The number of rotatable bonds is 6. The second-order valence-electron chi connectivity index (χ2n) is 5.69. The quantitative estimate of drug-likeness (QED) is 0.872. The lowest BCUT2D eigenvalue weighted by atomic mass is 9.96. The van der Waals surface area contributed by atoms with Gasteiger partial charge in [0.2, 0.25) is 5.91 Å². The highest BCUT2D eigenvalue weighted by Gasteiger charge is 2.22. The van der Waals surface area contributed by atoms with Crippen LogP contribution < -0.4 is 10.1 Å². The Bertz CT molecular complexity index is 454. The molecule has 1 heterocycles. The van der Waals surface area contributed by atoms with Gasteiger partial charge in [-0.3, -0.25) is 4.79 Å². The summed E-state index contributed by atoms with van der Waals surface area (Å²) in [7, 11) is 3.66. The highest BCUT2D eigenvalue weighted by atomic mass is 16.5. The molecule has 0 atom stereocenters. The van der Waals surface area contributed by atoms with Gasteiger partial charge in [-0.1, -0.05) is 18.2 Å². The first-order valence-electron chi connectivity index (χ1n) is 7.79. The highest BCUT2D eigenvalue weighted by molar-refractivity contribution is 5.76. The van der Waals surface area contributed by atoms with E-state index in [0.717, 1.165) is 50.2 Å². The number of amides is 1. The maximum absolute atomic E-state index is 12.3. The van der Waals surface area contributed by atoms with Crippen LogP contribution in [0.15, 0.2) is 24.3 Å². The number of nitrogens with one attached hydrogen (secondary N) is 1. The third kappa shape index (κ3) is 4.46. The van der Waals surface area contributed by atoms with Crippen LogP contribution in [0.25, 0.3) is 0 Å². The molecule has 0 radical (unpaired) electrons. The Hall–Kier alpha value is -1.55. The van der Waals surface area contributed by atoms with Crippen molar-refractivity contribution in [2.45, 2.75) is 25.7 Å². The number of methoxy groups -OCH3 is 1. The summed E-state index contributed by atoms with van der Waals surface area (Å²) in [6, 6.07) is 7.93. The molecular weight excluding hydrogens is 264 g/mol. The van der Waals surface area contributed by atoms with Gasteiger partial charge in [0.25, 0.3) is 0 Å². The molecule has 21 heavy (non-hydrogen) atoms.